The van der Waals surface area contributed by atoms with E-state index in [-0.39, 0.29) is 0 Å². The largest absolute Gasteiger partial charge is 0.328 e. The summed E-state index contributed by atoms with van der Waals surface area (Å²) in [7, 11) is 2.19. The van der Waals surface area contributed by atoms with Gasteiger partial charge in [-0.15, -0.1) is 0 Å². The Hall–Kier alpha value is -0.0800. The van der Waals surface area contributed by atoms with Crippen LogP contribution >= 0.6 is 0 Å². The highest BCUT2D eigenvalue weighted by Crippen LogP contribution is 2.19. The van der Waals surface area contributed by atoms with Gasteiger partial charge in [-0.05, 0) is 39.8 Å². The third-order valence-corrected chi connectivity index (χ3v) is 2.39. The Balaban J connectivity index is 2.03. The molecular formula is C8H18N2. The van der Waals surface area contributed by atoms with Crippen LogP contribution in [0.3, 0.4) is 0 Å². The lowest BCUT2D eigenvalue weighted by atomic mass is 9.97. The quantitative estimate of drug-likeness (QED) is 0.632. The minimum Gasteiger partial charge on any atom is -0.328 e. The van der Waals surface area contributed by atoms with E-state index >= 15 is 0 Å². The molecule has 0 saturated carbocycles. The summed E-state index contributed by atoms with van der Waals surface area (Å²) >= 11 is 0. The minimum absolute atomic E-state index is 0.383. The van der Waals surface area contributed by atoms with Crippen LogP contribution in [-0.2, 0) is 0 Å². The van der Waals surface area contributed by atoms with Gasteiger partial charge >= 0.3 is 0 Å². The van der Waals surface area contributed by atoms with E-state index in [0.717, 1.165) is 6.04 Å². The maximum atomic E-state index is 5.65. The molecule has 0 spiro atoms. The minimum atomic E-state index is 0.383. The first kappa shape index (κ1) is 8.02. The van der Waals surface area contributed by atoms with Crippen molar-refractivity contribution in [1.29, 1.82) is 0 Å². The predicted octanol–water partition coefficient (Wildman–Crippen LogP) is 0.818. The first-order chi connectivity index (χ1) is 4.70. The van der Waals surface area contributed by atoms with E-state index in [1.54, 1.807) is 0 Å². The molecule has 60 valence electrons. The summed E-state index contributed by atoms with van der Waals surface area (Å²) in [5.41, 5.74) is 5.65. The van der Waals surface area contributed by atoms with Crippen molar-refractivity contribution in [2.24, 2.45) is 5.73 Å². The smallest absolute Gasteiger partial charge is 0.0105 e. The molecule has 2 atom stereocenters. The zero-order valence-electron chi connectivity index (χ0n) is 7.01. The zero-order chi connectivity index (χ0) is 7.56. The highest BCUT2D eigenvalue weighted by atomic mass is 15.2. The Morgan fingerprint density at radius 1 is 1.70 bits per heavy atom. The van der Waals surface area contributed by atoms with Gasteiger partial charge in [0.25, 0.3) is 0 Å². The van der Waals surface area contributed by atoms with Crippen LogP contribution in [-0.4, -0.2) is 30.6 Å². The molecule has 0 bridgehead atoms. The molecule has 2 nitrogen and oxygen atoms in total. The number of hydrogen-bond acceptors (Lipinski definition) is 2. The van der Waals surface area contributed by atoms with Crippen LogP contribution in [0.5, 0.6) is 0 Å². The van der Waals surface area contributed by atoms with Crippen LogP contribution in [0.25, 0.3) is 0 Å². The average molecular weight is 142 g/mol. The predicted molar refractivity (Wildman–Crippen MR) is 43.9 cm³/mol. The van der Waals surface area contributed by atoms with Crippen molar-refractivity contribution in [2.75, 3.05) is 13.6 Å². The van der Waals surface area contributed by atoms with Crippen LogP contribution in [0.15, 0.2) is 0 Å². The summed E-state index contributed by atoms with van der Waals surface area (Å²) in [5, 5.41) is 0. The van der Waals surface area contributed by atoms with E-state index in [0.29, 0.717) is 6.04 Å². The van der Waals surface area contributed by atoms with Crippen molar-refractivity contribution in [1.82, 2.24) is 4.90 Å². The van der Waals surface area contributed by atoms with Crippen LogP contribution < -0.4 is 5.73 Å². The monoisotopic (exact) mass is 142 g/mol. The molecule has 1 fully saturated rings. The fraction of sp³-hybridized carbons (Fsp3) is 1.00. The van der Waals surface area contributed by atoms with Gasteiger partial charge in [0, 0.05) is 12.1 Å². The van der Waals surface area contributed by atoms with Gasteiger partial charge in [-0.25, -0.2) is 0 Å². The van der Waals surface area contributed by atoms with Crippen LogP contribution in [0.4, 0.5) is 0 Å². The Kier molecular flexibility index (Phi) is 2.69. The molecule has 2 N–H and O–H groups in total. The molecule has 0 radical (unpaired) electrons. The topological polar surface area (TPSA) is 29.3 Å². The van der Waals surface area contributed by atoms with E-state index in [1.807, 2.05) is 0 Å². The molecule has 0 aliphatic carbocycles. The molecule has 2 heteroatoms. The number of nitrogens with zero attached hydrogens (tertiary/aromatic N) is 1. The Bertz CT molecular complexity index is 101. The van der Waals surface area contributed by atoms with Gasteiger partial charge in [0.2, 0.25) is 0 Å². The summed E-state index contributed by atoms with van der Waals surface area (Å²) in [6.45, 7) is 3.36. The first-order valence-electron chi connectivity index (χ1n) is 4.16. The summed E-state index contributed by atoms with van der Waals surface area (Å²) in [6.07, 6.45) is 3.84. The van der Waals surface area contributed by atoms with E-state index in [1.165, 1.54) is 25.8 Å². The van der Waals surface area contributed by atoms with Gasteiger partial charge in [0.05, 0.1) is 0 Å². The zero-order valence-corrected chi connectivity index (χ0v) is 7.01. The fourth-order valence-electron chi connectivity index (χ4n) is 1.39. The van der Waals surface area contributed by atoms with Crippen molar-refractivity contribution < 1.29 is 0 Å². The molecule has 1 aliphatic heterocycles. The van der Waals surface area contributed by atoms with Gasteiger partial charge in [-0.2, -0.15) is 0 Å². The Morgan fingerprint density at radius 2 is 2.40 bits per heavy atom. The summed E-state index contributed by atoms with van der Waals surface area (Å²) in [6, 6.07) is 1.22. The molecule has 1 heterocycles. The second-order valence-corrected chi connectivity index (χ2v) is 3.48. The van der Waals surface area contributed by atoms with E-state index < -0.39 is 0 Å². The molecule has 0 amide bonds. The Labute approximate surface area is 63.4 Å². The molecule has 2 unspecified atom stereocenters. The summed E-state index contributed by atoms with van der Waals surface area (Å²) in [4.78, 5) is 2.41. The molecule has 0 aromatic rings. The van der Waals surface area contributed by atoms with Crippen molar-refractivity contribution in [2.45, 2.75) is 38.3 Å². The van der Waals surface area contributed by atoms with E-state index in [9.17, 15) is 0 Å². The molecule has 0 aromatic heterocycles. The lowest BCUT2D eigenvalue weighted by molar-refractivity contribution is 0.115. The average Bonchev–Trinajstić information content (AvgIpc) is 1.84. The van der Waals surface area contributed by atoms with Gasteiger partial charge in [-0.1, -0.05) is 0 Å². The summed E-state index contributed by atoms with van der Waals surface area (Å²) < 4.78 is 0. The van der Waals surface area contributed by atoms with Crippen molar-refractivity contribution in [3.8, 4) is 0 Å². The van der Waals surface area contributed by atoms with Crippen molar-refractivity contribution in [3.63, 3.8) is 0 Å². The second kappa shape index (κ2) is 3.35. The highest BCUT2D eigenvalue weighted by Gasteiger charge is 2.23. The second-order valence-electron chi connectivity index (χ2n) is 3.48. The number of likely N-dealkylation sites (tertiary alicyclic amines) is 1. The van der Waals surface area contributed by atoms with Gasteiger partial charge in [0.15, 0.2) is 0 Å². The van der Waals surface area contributed by atoms with Crippen molar-refractivity contribution in [3.05, 3.63) is 0 Å². The first-order valence-corrected chi connectivity index (χ1v) is 4.16. The Morgan fingerprint density at radius 3 is 2.70 bits per heavy atom. The fourth-order valence-corrected chi connectivity index (χ4v) is 1.39. The van der Waals surface area contributed by atoms with Crippen LogP contribution in [0, 0.1) is 0 Å². The number of rotatable bonds is 3. The standard InChI is InChI=1S/C8H18N2/c1-7(9)3-4-8-5-6-10(8)2/h7-8H,3-6,9H2,1-2H3. The number of hydrogen-bond donors (Lipinski definition) is 1. The van der Waals surface area contributed by atoms with Gasteiger partial charge in [0.1, 0.15) is 0 Å². The third-order valence-electron chi connectivity index (χ3n) is 2.39. The molecule has 1 saturated heterocycles. The lowest BCUT2D eigenvalue weighted by Gasteiger charge is -2.38. The summed E-state index contributed by atoms with van der Waals surface area (Å²) in [5.74, 6) is 0. The van der Waals surface area contributed by atoms with E-state index in [2.05, 4.69) is 18.9 Å². The van der Waals surface area contributed by atoms with Gasteiger partial charge < -0.3 is 10.6 Å². The van der Waals surface area contributed by atoms with Crippen molar-refractivity contribution >= 4 is 0 Å². The van der Waals surface area contributed by atoms with Gasteiger partial charge in [-0.3, -0.25) is 0 Å². The van der Waals surface area contributed by atoms with Crippen LogP contribution in [0.1, 0.15) is 26.2 Å². The molecule has 1 rings (SSSR count). The lowest BCUT2D eigenvalue weighted by Crippen LogP contribution is -2.44. The van der Waals surface area contributed by atoms with E-state index in [4.69, 9.17) is 5.73 Å². The maximum absolute atomic E-state index is 5.65. The molecule has 0 aromatic carbocycles. The normalized spacial score (nSPS) is 29.7. The number of nitrogens with two attached hydrogens (primary N) is 1. The SMILES string of the molecule is CC(N)CCC1CCN1C. The molecular weight excluding hydrogens is 124 g/mol. The molecule has 10 heavy (non-hydrogen) atoms. The third kappa shape index (κ3) is 1.96. The maximum Gasteiger partial charge on any atom is 0.0105 e. The molecule has 1 aliphatic rings. The van der Waals surface area contributed by atoms with Crippen LogP contribution in [0.2, 0.25) is 0 Å². The highest BCUT2D eigenvalue weighted by molar-refractivity contribution is 4.80.